The Kier molecular flexibility index (Phi) is 3.21. The summed E-state index contributed by atoms with van der Waals surface area (Å²) in [6.45, 7) is 2.73. The zero-order valence-electron chi connectivity index (χ0n) is 10.5. The maximum Gasteiger partial charge on any atom is 0.243 e. The molecule has 0 aliphatic rings. The van der Waals surface area contributed by atoms with Crippen molar-refractivity contribution in [2.24, 2.45) is 0 Å². The number of nitrogens with zero attached hydrogens (tertiary/aromatic N) is 3. The number of halogens is 1. The van der Waals surface area contributed by atoms with Crippen LogP contribution in [0.3, 0.4) is 0 Å². The minimum atomic E-state index is 0.647. The van der Waals surface area contributed by atoms with E-state index in [2.05, 4.69) is 43.5 Å². The van der Waals surface area contributed by atoms with Gasteiger partial charge < -0.3 is 5.32 Å². The van der Waals surface area contributed by atoms with Gasteiger partial charge in [-0.15, -0.1) is 5.10 Å². The van der Waals surface area contributed by atoms with Gasteiger partial charge >= 0.3 is 0 Å². The van der Waals surface area contributed by atoms with Crippen molar-refractivity contribution in [2.75, 3.05) is 5.32 Å². The van der Waals surface area contributed by atoms with Crippen molar-refractivity contribution in [2.45, 2.75) is 13.5 Å². The molecule has 0 radical (unpaired) electrons. The molecule has 2 aromatic heterocycles. The summed E-state index contributed by atoms with van der Waals surface area (Å²) in [7, 11) is 0. The Morgan fingerprint density at radius 2 is 2.16 bits per heavy atom. The Morgan fingerprint density at radius 3 is 2.95 bits per heavy atom. The second kappa shape index (κ2) is 5.01. The van der Waals surface area contributed by atoms with E-state index in [4.69, 9.17) is 0 Å². The van der Waals surface area contributed by atoms with Crippen molar-refractivity contribution in [3.8, 4) is 0 Å². The largest absolute Gasteiger partial charge is 0.349 e. The summed E-state index contributed by atoms with van der Waals surface area (Å²) in [5.41, 5.74) is 3.19. The second-order valence-electron chi connectivity index (χ2n) is 4.38. The van der Waals surface area contributed by atoms with Gasteiger partial charge in [-0.1, -0.05) is 34.1 Å². The quantitative estimate of drug-likeness (QED) is 0.805. The van der Waals surface area contributed by atoms with E-state index in [0.29, 0.717) is 12.5 Å². The molecule has 1 N–H and O–H groups in total. The molecule has 1 aromatic carbocycles. The van der Waals surface area contributed by atoms with E-state index in [9.17, 15) is 0 Å². The molecular formula is C14H13BrN4. The minimum absolute atomic E-state index is 0.647. The first-order chi connectivity index (χ1) is 9.22. The number of hydrogen-bond donors (Lipinski definition) is 1. The van der Waals surface area contributed by atoms with E-state index in [1.54, 1.807) is 4.52 Å². The van der Waals surface area contributed by atoms with Crippen LogP contribution < -0.4 is 5.32 Å². The highest BCUT2D eigenvalue weighted by molar-refractivity contribution is 9.10. The fourth-order valence-corrected chi connectivity index (χ4v) is 2.39. The summed E-state index contributed by atoms with van der Waals surface area (Å²) in [6.07, 6.45) is 1.90. The molecule has 4 nitrogen and oxygen atoms in total. The van der Waals surface area contributed by atoms with E-state index in [1.165, 1.54) is 5.56 Å². The monoisotopic (exact) mass is 316 g/mol. The first kappa shape index (κ1) is 12.2. The van der Waals surface area contributed by atoms with Crippen molar-refractivity contribution in [1.82, 2.24) is 14.6 Å². The summed E-state index contributed by atoms with van der Waals surface area (Å²) in [6, 6.07) is 12.2. The Labute approximate surface area is 119 Å². The second-order valence-corrected chi connectivity index (χ2v) is 5.29. The molecule has 0 aliphatic heterocycles. The average molecular weight is 317 g/mol. The topological polar surface area (TPSA) is 42.2 Å². The van der Waals surface area contributed by atoms with Crippen LogP contribution in [0.5, 0.6) is 0 Å². The van der Waals surface area contributed by atoms with Crippen molar-refractivity contribution in [1.29, 1.82) is 0 Å². The Bertz CT molecular complexity index is 720. The van der Waals surface area contributed by atoms with Gasteiger partial charge in [-0.05, 0) is 36.2 Å². The van der Waals surface area contributed by atoms with Crippen molar-refractivity contribution >= 4 is 27.5 Å². The van der Waals surface area contributed by atoms with E-state index >= 15 is 0 Å². The molecule has 19 heavy (non-hydrogen) atoms. The van der Waals surface area contributed by atoms with Gasteiger partial charge in [-0.2, -0.15) is 4.98 Å². The van der Waals surface area contributed by atoms with E-state index in [1.807, 2.05) is 37.4 Å². The van der Waals surface area contributed by atoms with Crippen molar-refractivity contribution in [3.05, 3.63) is 58.2 Å². The maximum absolute atomic E-state index is 4.48. The highest BCUT2D eigenvalue weighted by atomic mass is 79.9. The zero-order chi connectivity index (χ0) is 13.2. The number of hydrogen-bond acceptors (Lipinski definition) is 3. The molecule has 3 aromatic rings. The molecule has 0 fully saturated rings. The third kappa shape index (κ3) is 2.61. The summed E-state index contributed by atoms with van der Waals surface area (Å²) in [5, 5.41) is 7.63. The van der Waals surface area contributed by atoms with E-state index < -0.39 is 0 Å². The third-order valence-electron chi connectivity index (χ3n) is 2.90. The van der Waals surface area contributed by atoms with Crippen LogP contribution in [0.15, 0.2) is 47.1 Å². The minimum Gasteiger partial charge on any atom is -0.349 e. The van der Waals surface area contributed by atoms with Gasteiger partial charge in [-0.3, -0.25) is 0 Å². The summed E-state index contributed by atoms with van der Waals surface area (Å²) < 4.78 is 2.86. The first-order valence-corrected chi connectivity index (χ1v) is 6.82. The number of anilines is 1. The number of pyridine rings is 1. The number of fused-ring (bicyclic) bond motifs is 1. The van der Waals surface area contributed by atoms with E-state index in [-0.39, 0.29) is 0 Å². The lowest BCUT2D eigenvalue weighted by atomic mass is 10.2. The fraction of sp³-hybridized carbons (Fsp3) is 0.143. The lowest BCUT2D eigenvalue weighted by molar-refractivity contribution is 0.946. The van der Waals surface area contributed by atoms with Gasteiger partial charge in [0.2, 0.25) is 5.95 Å². The number of benzene rings is 1. The predicted octanol–water partition coefficient (Wildman–Crippen LogP) is 3.41. The van der Waals surface area contributed by atoms with Crippen LogP contribution in [0.25, 0.3) is 5.65 Å². The van der Waals surface area contributed by atoms with Crippen LogP contribution in [-0.2, 0) is 6.54 Å². The molecule has 0 bridgehead atoms. The molecule has 0 amide bonds. The first-order valence-electron chi connectivity index (χ1n) is 6.03. The van der Waals surface area contributed by atoms with Crippen LogP contribution in [0.2, 0.25) is 0 Å². The summed E-state index contributed by atoms with van der Waals surface area (Å²) in [5.74, 6) is 0.647. The average Bonchev–Trinajstić information content (AvgIpc) is 2.81. The van der Waals surface area contributed by atoms with Crippen LogP contribution in [0.4, 0.5) is 5.95 Å². The van der Waals surface area contributed by atoms with Crippen molar-refractivity contribution < 1.29 is 0 Å². The smallest absolute Gasteiger partial charge is 0.243 e. The molecular weight excluding hydrogens is 304 g/mol. The molecule has 0 unspecified atom stereocenters. The Hall–Kier alpha value is -1.88. The maximum atomic E-state index is 4.48. The Balaban J connectivity index is 1.80. The summed E-state index contributed by atoms with van der Waals surface area (Å²) in [4.78, 5) is 4.48. The van der Waals surface area contributed by atoms with Crippen LogP contribution in [-0.4, -0.2) is 14.6 Å². The third-order valence-corrected chi connectivity index (χ3v) is 3.39. The molecule has 0 saturated heterocycles. The summed E-state index contributed by atoms with van der Waals surface area (Å²) >= 11 is 3.46. The molecule has 2 heterocycles. The molecule has 0 spiro atoms. The lowest BCUT2D eigenvalue weighted by Crippen LogP contribution is -2.01. The molecule has 96 valence electrons. The molecule has 0 atom stereocenters. The van der Waals surface area contributed by atoms with Gasteiger partial charge in [0.25, 0.3) is 0 Å². The van der Waals surface area contributed by atoms with Gasteiger partial charge in [0, 0.05) is 17.2 Å². The molecule has 3 rings (SSSR count). The predicted molar refractivity (Wildman–Crippen MR) is 79.2 cm³/mol. The highest BCUT2D eigenvalue weighted by Crippen LogP contribution is 2.14. The SMILES string of the molecule is Cc1cccn2nc(NCc3cccc(Br)c3)nc12. The van der Waals surface area contributed by atoms with Crippen molar-refractivity contribution in [3.63, 3.8) is 0 Å². The number of aromatic nitrogens is 3. The molecule has 0 aliphatic carbocycles. The van der Waals surface area contributed by atoms with Gasteiger partial charge in [0.1, 0.15) is 0 Å². The van der Waals surface area contributed by atoms with Crippen LogP contribution >= 0.6 is 15.9 Å². The van der Waals surface area contributed by atoms with Gasteiger partial charge in [0.15, 0.2) is 5.65 Å². The van der Waals surface area contributed by atoms with Gasteiger partial charge in [-0.25, -0.2) is 4.52 Å². The lowest BCUT2D eigenvalue weighted by Gasteiger charge is -2.02. The van der Waals surface area contributed by atoms with Crippen LogP contribution in [0, 0.1) is 6.92 Å². The standard InChI is InChI=1S/C14H13BrN4/c1-10-4-3-7-19-13(10)17-14(18-19)16-9-11-5-2-6-12(15)8-11/h2-8H,9H2,1H3,(H,16,18). The number of nitrogens with one attached hydrogen (secondary N) is 1. The fourth-order valence-electron chi connectivity index (χ4n) is 1.94. The van der Waals surface area contributed by atoms with Crippen LogP contribution in [0.1, 0.15) is 11.1 Å². The normalized spacial score (nSPS) is 10.8. The zero-order valence-corrected chi connectivity index (χ0v) is 12.1. The number of rotatable bonds is 3. The van der Waals surface area contributed by atoms with Gasteiger partial charge in [0.05, 0.1) is 0 Å². The molecule has 0 saturated carbocycles. The molecule has 5 heteroatoms. The highest BCUT2D eigenvalue weighted by Gasteiger charge is 2.04. The number of aryl methyl sites for hydroxylation is 1. The van der Waals surface area contributed by atoms with E-state index in [0.717, 1.165) is 15.7 Å². The Morgan fingerprint density at radius 1 is 1.26 bits per heavy atom.